The van der Waals surface area contributed by atoms with E-state index in [1.807, 2.05) is 12.4 Å². The Hall–Kier alpha value is -0.310. The minimum absolute atomic E-state index is 0.712. The number of halogens is 1. The van der Waals surface area contributed by atoms with Crippen LogP contribution >= 0.6 is 15.9 Å². The highest BCUT2D eigenvalue weighted by Gasteiger charge is 2.03. The Morgan fingerprint density at radius 1 is 1.40 bits per heavy atom. The quantitative estimate of drug-likeness (QED) is 0.547. The first-order chi connectivity index (χ1) is 7.24. The van der Waals surface area contributed by atoms with Crippen LogP contribution in [0.3, 0.4) is 0 Å². The Kier molecular flexibility index (Phi) is 5.99. The molecule has 3 heteroatoms. The fourth-order valence-electron chi connectivity index (χ4n) is 1.74. The van der Waals surface area contributed by atoms with Crippen molar-refractivity contribution in [3.63, 3.8) is 0 Å². The van der Waals surface area contributed by atoms with Crippen molar-refractivity contribution >= 4 is 15.9 Å². The van der Waals surface area contributed by atoms with Gasteiger partial charge in [-0.05, 0) is 19.3 Å². The van der Waals surface area contributed by atoms with Gasteiger partial charge in [0, 0.05) is 30.7 Å². The first-order valence-electron chi connectivity index (χ1n) is 5.84. The Bertz CT molecular complexity index is 270. The maximum Gasteiger partial charge on any atom is 0.108 e. The van der Waals surface area contributed by atoms with Crippen molar-refractivity contribution in [1.29, 1.82) is 0 Å². The maximum atomic E-state index is 4.32. The molecule has 0 radical (unpaired) electrons. The molecule has 1 unspecified atom stereocenters. The summed E-state index contributed by atoms with van der Waals surface area (Å²) in [7, 11) is 2.06. The average Bonchev–Trinajstić information content (AvgIpc) is 2.60. The third-order valence-corrected chi connectivity index (χ3v) is 3.61. The van der Waals surface area contributed by atoms with Crippen molar-refractivity contribution in [1.82, 2.24) is 9.55 Å². The minimum Gasteiger partial charge on any atom is -0.338 e. The van der Waals surface area contributed by atoms with Gasteiger partial charge in [-0.15, -0.1) is 0 Å². The number of hydrogen-bond acceptors (Lipinski definition) is 1. The molecule has 1 aromatic heterocycles. The van der Waals surface area contributed by atoms with Crippen LogP contribution in [-0.4, -0.2) is 14.4 Å². The molecule has 0 saturated heterocycles. The van der Waals surface area contributed by atoms with E-state index in [4.69, 9.17) is 0 Å². The van der Waals surface area contributed by atoms with Crippen LogP contribution in [0.1, 0.15) is 44.9 Å². The second-order valence-electron chi connectivity index (χ2n) is 4.09. The lowest BCUT2D eigenvalue weighted by atomic mass is 10.1. The van der Waals surface area contributed by atoms with Gasteiger partial charge in [-0.2, -0.15) is 0 Å². The number of nitrogens with zero attached hydrogens (tertiary/aromatic N) is 2. The lowest BCUT2D eigenvalue weighted by molar-refractivity contribution is 0.611. The summed E-state index contributed by atoms with van der Waals surface area (Å²) in [5, 5.41) is 0. The maximum absolute atomic E-state index is 4.32. The molecule has 0 bridgehead atoms. The number of alkyl halides is 1. The number of hydrogen-bond donors (Lipinski definition) is 0. The molecule has 0 aliphatic rings. The molecule has 0 spiro atoms. The fourth-order valence-corrected chi connectivity index (χ4v) is 2.53. The molecule has 0 aliphatic heterocycles. The molecule has 0 fully saturated rings. The molecule has 2 nitrogen and oxygen atoms in total. The van der Waals surface area contributed by atoms with Crippen LogP contribution in [0, 0.1) is 0 Å². The van der Waals surface area contributed by atoms with Gasteiger partial charge in [-0.3, -0.25) is 0 Å². The van der Waals surface area contributed by atoms with Crippen molar-refractivity contribution in [3.8, 4) is 0 Å². The van der Waals surface area contributed by atoms with E-state index >= 15 is 0 Å². The van der Waals surface area contributed by atoms with Crippen LogP contribution in [0.15, 0.2) is 12.4 Å². The summed E-state index contributed by atoms with van der Waals surface area (Å²) in [6.45, 7) is 2.24. The molecule has 0 saturated carbocycles. The van der Waals surface area contributed by atoms with E-state index < -0.39 is 0 Å². The summed E-state index contributed by atoms with van der Waals surface area (Å²) < 4.78 is 2.11. The Morgan fingerprint density at radius 2 is 2.20 bits per heavy atom. The van der Waals surface area contributed by atoms with Crippen molar-refractivity contribution in [2.45, 2.75) is 50.3 Å². The van der Waals surface area contributed by atoms with Crippen LogP contribution < -0.4 is 0 Å². The minimum atomic E-state index is 0.712. The highest BCUT2D eigenvalue weighted by atomic mass is 79.9. The van der Waals surface area contributed by atoms with Crippen LogP contribution in [0.25, 0.3) is 0 Å². The van der Waals surface area contributed by atoms with Crippen LogP contribution in [-0.2, 0) is 13.5 Å². The van der Waals surface area contributed by atoms with Gasteiger partial charge in [0.15, 0.2) is 0 Å². The van der Waals surface area contributed by atoms with Crippen molar-refractivity contribution in [2.24, 2.45) is 7.05 Å². The predicted molar refractivity (Wildman–Crippen MR) is 68.4 cm³/mol. The van der Waals surface area contributed by atoms with Gasteiger partial charge >= 0.3 is 0 Å². The van der Waals surface area contributed by atoms with Gasteiger partial charge in [0.1, 0.15) is 5.82 Å². The zero-order chi connectivity index (χ0) is 11.1. The smallest absolute Gasteiger partial charge is 0.108 e. The van der Waals surface area contributed by atoms with Gasteiger partial charge in [0.25, 0.3) is 0 Å². The molecule has 0 amide bonds. The van der Waals surface area contributed by atoms with Gasteiger partial charge in [0.05, 0.1) is 0 Å². The summed E-state index contributed by atoms with van der Waals surface area (Å²) in [6, 6.07) is 0. The number of imidazole rings is 1. The van der Waals surface area contributed by atoms with E-state index in [-0.39, 0.29) is 0 Å². The standard InChI is InChI=1S/C12H21BrN2/c1-3-6-11(13)7-4-5-8-12-14-9-10-15(12)2/h9-11H,3-8H2,1-2H3. The zero-order valence-corrected chi connectivity index (χ0v) is 11.3. The highest BCUT2D eigenvalue weighted by molar-refractivity contribution is 9.09. The van der Waals surface area contributed by atoms with Gasteiger partial charge < -0.3 is 4.57 Å². The number of aromatic nitrogens is 2. The number of unbranched alkanes of at least 4 members (excludes halogenated alkanes) is 1. The second kappa shape index (κ2) is 7.04. The first-order valence-corrected chi connectivity index (χ1v) is 6.76. The van der Waals surface area contributed by atoms with E-state index in [0.29, 0.717) is 4.83 Å². The summed E-state index contributed by atoms with van der Waals surface area (Å²) in [6.07, 6.45) is 11.4. The van der Waals surface area contributed by atoms with Gasteiger partial charge in [0.2, 0.25) is 0 Å². The molecular weight excluding hydrogens is 252 g/mol. The second-order valence-corrected chi connectivity index (χ2v) is 5.38. The average molecular weight is 273 g/mol. The third-order valence-electron chi connectivity index (χ3n) is 2.69. The zero-order valence-electron chi connectivity index (χ0n) is 9.75. The highest BCUT2D eigenvalue weighted by Crippen LogP contribution is 2.16. The first kappa shape index (κ1) is 12.8. The van der Waals surface area contributed by atoms with Gasteiger partial charge in [-0.25, -0.2) is 4.98 Å². The summed E-state index contributed by atoms with van der Waals surface area (Å²) in [5.74, 6) is 1.21. The molecule has 1 aromatic rings. The van der Waals surface area contributed by atoms with E-state index in [1.54, 1.807) is 0 Å². The van der Waals surface area contributed by atoms with Crippen molar-refractivity contribution in [2.75, 3.05) is 0 Å². The topological polar surface area (TPSA) is 17.8 Å². The lowest BCUT2D eigenvalue weighted by Gasteiger charge is -2.07. The van der Waals surface area contributed by atoms with Crippen LogP contribution in [0.5, 0.6) is 0 Å². The van der Waals surface area contributed by atoms with Crippen LogP contribution in [0.4, 0.5) is 0 Å². The van der Waals surface area contributed by atoms with Crippen molar-refractivity contribution in [3.05, 3.63) is 18.2 Å². The SMILES string of the molecule is CCCC(Br)CCCCc1nccn1C. The lowest BCUT2D eigenvalue weighted by Crippen LogP contribution is -2.00. The summed E-state index contributed by atoms with van der Waals surface area (Å²) in [4.78, 5) is 5.03. The number of aryl methyl sites for hydroxylation is 2. The normalized spacial score (nSPS) is 13.0. The Balaban J connectivity index is 2.09. The van der Waals surface area contributed by atoms with E-state index in [0.717, 1.165) is 6.42 Å². The molecule has 0 aromatic carbocycles. The van der Waals surface area contributed by atoms with Crippen molar-refractivity contribution < 1.29 is 0 Å². The van der Waals surface area contributed by atoms with E-state index in [2.05, 4.69) is 39.5 Å². The molecule has 0 aliphatic carbocycles. The number of rotatable bonds is 7. The Labute approximate surface area is 101 Å². The summed E-state index contributed by atoms with van der Waals surface area (Å²) >= 11 is 3.71. The van der Waals surface area contributed by atoms with E-state index in [9.17, 15) is 0 Å². The fraction of sp³-hybridized carbons (Fsp3) is 0.750. The molecule has 86 valence electrons. The molecule has 15 heavy (non-hydrogen) atoms. The molecule has 1 heterocycles. The van der Waals surface area contributed by atoms with Gasteiger partial charge in [-0.1, -0.05) is 35.7 Å². The third kappa shape index (κ3) is 4.83. The molecule has 0 N–H and O–H groups in total. The molecule has 1 rings (SSSR count). The molecular formula is C12H21BrN2. The largest absolute Gasteiger partial charge is 0.338 e. The summed E-state index contributed by atoms with van der Waals surface area (Å²) in [5.41, 5.74) is 0. The van der Waals surface area contributed by atoms with Crippen LogP contribution in [0.2, 0.25) is 0 Å². The van der Waals surface area contributed by atoms with E-state index in [1.165, 1.54) is 37.9 Å². The Morgan fingerprint density at radius 3 is 2.80 bits per heavy atom. The molecule has 1 atom stereocenters. The predicted octanol–water partition coefficient (Wildman–Crippen LogP) is 3.70. The monoisotopic (exact) mass is 272 g/mol.